The van der Waals surface area contributed by atoms with Crippen molar-refractivity contribution < 1.29 is 5.11 Å². The maximum absolute atomic E-state index is 8.87. The molecule has 0 aromatic rings. The first-order valence-electron chi connectivity index (χ1n) is 12.1. The monoisotopic (exact) mass is 432 g/mol. The van der Waals surface area contributed by atoms with Crippen molar-refractivity contribution in [2.45, 2.75) is 147 Å². The van der Waals surface area contributed by atoms with Crippen LogP contribution in [0.3, 0.4) is 0 Å². The van der Waals surface area contributed by atoms with Crippen LogP contribution < -0.4 is 0 Å². The molecule has 0 aromatic heterocycles. The Balaban J connectivity index is 3.01. The Kier molecular flexibility index (Phi) is 23.9. The number of halogens is 1. The smallest absolute Gasteiger partial charge is 0.0441 e. The van der Waals surface area contributed by atoms with Crippen LogP contribution in [0.4, 0.5) is 0 Å². The van der Waals surface area contributed by atoms with Crippen LogP contribution in [0.5, 0.6) is 0 Å². The van der Waals surface area contributed by atoms with E-state index in [9.17, 15) is 0 Å². The zero-order valence-corrected chi connectivity index (χ0v) is 19.5. The predicted octanol–water partition coefficient (Wildman–Crippen LogP) is 8.95. The molecule has 0 bridgehead atoms. The van der Waals surface area contributed by atoms with Crippen molar-refractivity contribution in [3.63, 3.8) is 0 Å². The van der Waals surface area contributed by atoms with Crippen LogP contribution in [-0.4, -0.2) is 16.5 Å². The van der Waals surface area contributed by atoms with Gasteiger partial charge < -0.3 is 5.11 Å². The number of hydrogen-bond acceptors (Lipinski definition) is 1. The summed E-state index contributed by atoms with van der Waals surface area (Å²) in [6, 6.07) is 0. The van der Waals surface area contributed by atoms with Gasteiger partial charge in [-0.25, -0.2) is 0 Å². The predicted molar refractivity (Wildman–Crippen MR) is 122 cm³/mol. The number of unbranched alkanes of at least 4 members (excludes halogenated alkanes) is 18. The molecular weight excluding hydrogens is 384 g/mol. The second-order valence-corrected chi connectivity index (χ2v) is 9.56. The van der Waals surface area contributed by atoms with E-state index in [0.29, 0.717) is 11.4 Å². The number of aliphatic hydroxyl groups excluding tert-OH is 1. The van der Waals surface area contributed by atoms with Crippen LogP contribution in [0.1, 0.15) is 142 Å². The van der Waals surface area contributed by atoms with Crippen LogP contribution in [0.2, 0.25) is 0 Å². The van der Waals surface area contributed by atoms with E-state index in [-0.39, 0.29) is 0 Å². The van der Waals surface area contributed by atoms with Gasteiger partial charge in [0.15, 0.2) is 0 Å². The zero-order chi connectivity index (χ0) is 19.1. The Hall–Kier alpha value is 0.440. The summed E-state index contributed by atoms with van der Waals surface area (Å²) in [6.07, 6.45) is 29.5. The Morgan fingerprint density at radius 1 is 0.500 bits per heavy atom. The minimum absolute atomic E-state index is 0.315. The van der Waals surface area contributed by atoms with Crippen molar-refractivity contribution in [2.75, 3.05) is 6.61 Å². The van der Waals surface area contributed by atoms with E-state index in [2.05, 4.69) is 22.9 Å². The molecule has 26 heavy (non-hydrogen) atoms. The van der Waals surface area contributed by atoms with E-state index in [1.54, 1.807) is 0 Å². The summed E-state index contributed by atoms with van der Waals surface area (Å²) in [6.45, 7) is 2.61. The number of aliphatic hydroxyl groups is 1. The highest BCUT2D eigenvalue weighted by Gasteiger charge is 2.02. The van der Waals surface area contributed by atoms with Crippen LogP contribution in [-0.2, 0) is 0 Å². The highest BCUT2D eigenvalue weighted by Crippen LogP contribution is 2.17. The fourth-order valence-electron chi connectivity index (χ4n) is 3.73. The van der Waals surface area contributed by atoms with E-state index in [0.717, 1.165) is 6.42 Å². The lowest BCUT2D eigenvalue weighted by molar-refractivity contribution is 0.285. The quantitative estimate of drug-likeness (QED) is 0.133. The topological polar surface area (TPSA) is 20.2 Å². The van der Waals surface area contributed by atoms with Gasteiger partial charge in [0.25, 0.3) is 0 Å². The van der Waals surface area contributed by atoms with Crippen LogP contribution in [0.25, 0.3) is 0 Å². The molecule has 0 spiro atoms. The highest BCUT2D eigenvalue weighted by atomic mass is 79.9. The molecule has 0 fully saturated rings. The average Bonchev–Trinajstić information content (AvgIpc) is 2.64. The lowest BCUT2D eigenvalue weighted by Gasteiger charge is -2.07. The average molecular weight is 434 g/mol. The van der Waals surface area contributed by atoms with Gasteiger partial charge in [-0.1, -0.05) is 145 Å². The molecule has 0 saturated heterocycles. The molecule has 1 nitrogen and oxygen atoms in total. The van der Waals surface area contributed by atoms with Gasteiger partial charge in [-0.15, -0.1) is 0 Å². The first kappa shape index (κ1) is 26.4. The third-order valence-corrected chi connectivity index (χ3v) is 6.48. The van der Waals surface area contributed by atoms with Crippen molar-refractivity contribution in [2.24, 2.45) is 0 Å². The summed E-state index contributed by atoms with van der Waals surface area (Å²) in [5.41, 5.74) is 0. The minimum atomic E-state index is 0.315. The molecule has 0 saturated carbocycles. The summed E-state index contributed by atoms with van der Waals surface area (Å²) in [5, 5.41) is 8.87. The molecule has 1 unspecified atom stereocenters. The molecule has 0 aliphatic rings. The third-order valence-electron chi connectivity index (χ3n) is 5.56. The molecule has 2 heteroatoms. The third kappa shape index (κ3) is 22.5. The van der Waals surface area contributed by atoms with Crippen molar-refractivity contribution in [3.8, 4) is 0 Å². The normalized spacial score (nSPS) is 12.6. The van der Waals surface area contributed by atoms with E-state index >= 15 is 0 Å². The summed E-state index contributed by atoms with van der Waals surface area (Å²) < 4.78 is 0. The Labute approximate surface area is 174 Å². The van der Waals surface area contributed by atoms with Gasteiger partial charge in [0.1, 0.15) is 0 Å². The standard InChI is InChI=1S/C24H49BrO/c1-2-3-4-5-6-7-8-9-10-11-12-13-14-15-16-17-18-19-20-21-24(25)22-23-26/h24,26H,2-23H2,1H3. The van der Waals surface area contributed by atoms with Gasteiger partial charge in [-0.05, 0) is 12.8 Å². The molecule has 1 atom stereocenters. The zero-order valence-electron chi connectivity index (χ0n) is 18.0. The molecule has 0 heterocycles. The fraction of sp³-hybridized carbons (Fsp3) is 1.00. The number of rotatable bonds is 22. The molecule has 0 rings (SSSR count). The van der Waals surface area contributed by atoms with Gasteiger partial charge in [-0.3, -0.25) is 0 Å². The summed E-state index contributed by atoms with van der Waals surface area (Å²) in [4.78, 5) is 0.526. The van der Waals surface area contributed by atoms with Gasteiger partial charge in [0.05, 0.1) is 0 Å². The largest absolute Gasteiger partial charge is 0.396 e. The minimum Gasteiger partial charge on any atom is -0.396 e. The molecule has 0 aliphatic heterocycles. The summed E-state index contributed by atoms with van der Waals surface area (Å²) in [7, 11) is 0. The Morgan fingerprint density at radius 2 is 0.808 bits per heavy atom. The maximum atomic E-state index is 8.87. The van der Waals surface area contributed by atoms with E-state index < -0.39 is 0 Å². The lowest BCUT2D eigenvalue weighted by atomic mass is 10.0. The maximum Gasteiger partial charge on any atom is 0.0441 e. The highest BCUT2D eigenvalue weighted by molar-refractivity contribution is 9.09. The summed E-state index contributed by atoms with van der Waals surface area (Å²) in [5.74, 6) is 0. The molecular formula is C24H49BrO. The molecule has 0 aliphatic carbocycles. The number of hydrogen-bond donors (Lipinski definition) is 1. The van der Waals surface area contributed by atoms with Gasteiger partial charge in [0, 0.05) is 11.4 Å². The Morgan fingerprint density at radius 3 is 1.12 bits per heavy atom. The van der Waals surface area contributed by atoms with Gasteiger partial charge in [0.2, 0.25) is 0 Å². The fourth-order valence-corrected chi connectivity index (χ4v) is 4.26. The van der Waals surface area contributed by atoms with Gasteiger partial charge in [-0.2, -0.15) is 0 Å². The van der Waals surface area contributed by atoms with E-state index in [1.807, 2.05) is 0 Å². The van der Waals surface area contributed by atoms with Crippen molar-refractivity contribution in [1.29, 1.82) is 0 Å². The van der Waals surface area contributed by atoms with Gasteiger partial charge >= 0.3 is 0 Å². The molecule has 1 N–H and O–H groups in total. The second kappa shape index (κ2) is 23.5. The van der Waals surface area contributed by atoms with Crippen LogP contribution in [0.15, 0.2) is 0 Å². The van der Waals surface area contributed by atoms with Crippen LogP contribution in [0, 0.1) is 0 Å². The first-order chi connectivity index (χ1) is 12.8. The molecule has 158 valence electrons. The first-order valence-corrected chi connectivity index (χ1v) is 13.0. The van der Waals surface area contributed by atoms with E-state index in [1.165, 1.54) is 128 Å². The molecule has 0 amide bonds. The van der Waals surface area contributed by atoms with Crippen molar-refractivity contribution in [3.05, 3.63) is 0 Å². The van der Waals surface area contributed by atoms with Crippen molar-refractivity contribution in [1.82, 2.24) is 0 Å². The Bertz CT molecular complexity index is 244. The number of alkyl halides is 1. The SMILES string of the molecule is CCCCCCCCCCCCCCCCCCCCCC(Br)CCO. The van der Waals surface area contributed by atoms with Crippen LogP contribution >= 0.6 is 15.9 Å². The molecule has 0 aromatic carbocycles. The summed E-state index contributed by atoms with van der Waals surface area (Å²) >= 11 is 3.63. The molecule has 0 radical (unpaired) electrons. The lowest BCUT2D eigenvalue weighted by Crippen LogP contribution is -2.00. The van der Waals surface area contributed by atoms with E-state index in [4.69, 9.17) is 5.11 Å². The second-order valence-electron chi connectivity index (χ2n) is 8.26. The van der Waals surface area contributed by atoms with Crippen molar-refractivity contribution >= 4 is 15.9 Å².